The Morgan fingerprint density at radius 3 is 2.31 bits per heavy atom. The van der Waals surface area contributed by atoms with Crippen molar-refractivity contribution in [2.45, 2.75) is 11.3 Å². The summed E-state index contributed by atoms with van der Waals surface area (Å²) in [5.74, 6) is 1.50. The number of rotatable bonds is 10. The predicted molar refractivity (Wildman–Crippen MR) is 151 cm³/mol. The smallest absolute Gasteiger partial charge is 0.240 e. The van der Waals surface area contributed by atoms with Crippen molar-refractivity contribution < 1.29 is 18.6 Å². The lowest BCUT2D eigenvalue weighted by Gasteiger charge is -2.09. The van der Waals surface area contributed by atoms with E-state index in [4.69, 9.17) is 4.98 Å². The van der Waals surface area contributed by atoms with E-state index in [0.717, 1.165) is 22.4 Å². The van der Waals surface area contributed by atoms with E-state index in [9.17, 15) is 18.6 Å². The van der Waals surface area contributed by atoms with Gasteiger partial charge in [0.15, 0.2) is 0 Å². The number of pyridine rings is 1. The Morgan fingerprint density at radius 1 is 0.769 bits per heavy atom. The van der Waals surface area contributed by atoms with E-state index in [2.05, 4.69) is 20.0 Å². The lowest BCUT2D eigenvalue weighted by Crippen LogP contribution is -2.26. The average molecular weight is 542 g/mol. The number of sulfonamides is 1. The standard InChI is InChI=1S/C29H27N5O4S/c35-23-10-12-25(13-11-23)39(37,38)32-16-5-15-30-26-19-22(14-17-31-26)28-27(21-8-4-9-24(36)18-21)33-29(34-28)20-6-2-1-3-7-20/h1-4,6-14,17-19,32,35-36H,5,15-16H2,(H,30,31)(H,33,34). The van der Waals surface area contributed by atoms with Crippen molar-refractivity contribution >= 4 is 15.8 Å². The quantitative estimate of drug-likeness (QED) is 0.157. The third-order valence-electron chi connectivity index (χ3n) is 6.02. The number of hydrogen-bond acceptors (Lipinski definition) is 7. The maximum atomic E-state index is 12.4. The van der Waals surface area contributed by atoms with Gasteiger partial charge in [0, 0.05) is 36.0 Å². The molecule has 0 unspecified atom stereocenters. The molecule has 0 aliphatic carbocycles. The second-order valence-electron chi connectivity index (χ2n) is 8.83. The second kappa shape index (κ2) is 11.4. The van der Waals surface area contributed by atoms with Crippen molar-refractivity contribution in [1.29, 1.82) is 0 Å². The lowest BCUT2D eigenvalue weighted by molar-refractivity contribution is 0.474. The van der Waals surface area contributed by atoms with Gasteiger partial charge in [0.05, 0.1) is 16.3 Å². The molecule has 0 radical (unpaired) electrons. The van der Waals surface area contributed by atoms with Gasteiger partial charge >= 0.3 is 0 Å². The molecule has 0 saturated carbocycles. The van der Waals surface area contributed by atoms with Crippen LogP contribution in [0.3, 0.4) is 0 Å². The van der Waals surface area contributed by atoms with Gasteiger partial charge < -0.3 is 20.5 Å². The number of hydrogen-bond donors (Lipinski definition) is 5. The van der Waals surface area contributed by atoms with Crippen molar-refractivity contribution in [3.63, 3.8) is 0 Å². The van der Waals surface area contributed by atoms with Gasteiger partial charge in [0.1, 0.15) is 23.1 Å². The minimum Gasteiger partial charge on any atom is -0.508 e. The molecule has 0 bridgehead atoms. The molecule has 10 heteroatoms. The number of aromatic amines is 1. The van der Waals surface area contributed by atoms with Crippen LogP contribution in [0.5, 0.6) is 11.5 Å². The molecule has 3 aromatic carbocycles. The molecule has 0 aliphatic heterocycles. The first-order chi connectivity index (χ1) is 18.9. The highest BCUT2D eigenvalue weighted by Gasteiger charge is 2.17. The van der Waals surface area contributed by atoms with E-state index in [1.807, 2.05) is 48.5 Å². The number of phenols is 2. The third kappa shape index (κ3) is 6.25. The third-order valence-corrected chi connectivity index (χ3v) is 7.49. The molecule has 0 saturated heterocycles. The Hall–Kier alpha value is -4.67. The Kier molecular flexibility index (Phi) is 7.57. The number of H-pyrrole nitrogens is 1. The van der Waals surface area contributed by atoms with Crippen molar-refractivity contribution in [3.05, 3.63) is 97.2 Å². The van der Waals surface area contributed by atoms with Gasteiger partial charge in [-0.15, -0.1) is 0 Å². The van der Waals surface area contributed by atoms with Gasteiger partial charge in [0.2, 0.25) is 10.0 Å². The van der Waals surface area contributed by atoms with E-state index in [0.29, 0.717) is 30.3 Å². The number of aromatic nitrogens is 3. The molecule has 5 N–H and O–H groups in total. The topological polar surface area (TPSA) is 140 Å². The van der Waals surface area contributed by atoms with Crippen LogP contribution in [-0.4, -0.2) is 46.7 Å². The maximum absolute atomic E-state index is 12.4. The van der Waals surface area contributed by atoms with Crippen molar-refractivity contribution in [1.82, 2.24) is 19.7 Å². The summed E-state index contributed by atoms with van der Waals surface area (Å²) < 4.78 is 27.4. The Bertz CT molecular complexity index is 1670. The molecule has 0 amide bonds. The van der Waals surface area contributed by atoms with E-state index >= 15 is 0 Å². The molecule has 198 valence electrons. The van der Waals surface area contributed by atoms with Crippen LogP contribution in [0, 0.1) is 0 Å². The van der Waals surface area contributed by atoms with Crippen LogP contribution < -0.4 is 10.0 Å². The molecule has 0 aliphatic rings. The Morgan fingerprint density at radius 2 is 1.54 bits per heavy atom. The summed E-state index contributed by atoms with van der Waals surface area (Å²) in [5.41, 5.74) is 4.05. The Balaban J connectivity index is 1.30. The molecular formula is C29H27N5O4S. The fraction of sp³-hybridized carbons (Fsp3) is 0.103. The normalized spacial score (nSPS) is 11.4. The number of benzene rings is 3. The van der Waals surface area contributed by atoms with E-state index in [1.54, 1.807) is 24.4 Å². The van der Waals surface area contributed by atoms with E-state index < -0.39 is 10.0 Å². The van der Waals surface area contributed by atoms with Gasteiger partial charge in [-0.05, 0) is 55.0 Å². The van der Waals surface area contributed by atoms with Crippen LogP contribution in [0.25, 0.3) is 33.9 Å². The first-order valence-corrected chi connectivity index (χ1v) is 13.8. The fourth-order valence-corrected chi connectivity index (χ4v) is 5.15. The van der Waals surface area contributed by atoms with Crippen LogP contribution in [-0.2, 0) is 10.0 Å². The number of nitrogens with one attached hydrogen (secondary N) is 3. The summed E-state index contributed by atoms with van der Waals surface area (Å²) in [5, 5.41) is 22.7. The van der Waals surface area contributed by atoms with Gasteiger partial charge in [-0.25, -0.2) is 23.1 Å². The highest BCUT2D eigenvalue weighted by molar-refractivity contribution is 7.89. The van der Waals surface area contributed by atoms with E-state index in [-0.39, 0.29) is 22.9 Å². The molecule has 5 aromatic rings. The van der Waals surface area contributed by atoms with Crippen molar-refractivity contribution in [2.24, 2.45) is 0 Å². The predicted octanol–water partition coefficient (Wildman–Crippen LogP) is 5.00. The molecule has 2 heterocycles. The summed E-state index contributed by atoms with van der Waals surface area (Å²) in [6.07, 6.45) is 2.22. The van der Waals surface area contributed by atoms with Gasteiger partial charge in [-0.2, -0.15) is 0 Å². The number of aromatic hydroxyl groups is 2. The van der Waals surface area contributed by atoms with Crippen LogP contribution >= 0.6 is 0 Å². The summed E-state index contributed by atoms with van der Waals surface area (Å²) >= 11 is 0. The molecule has 0 atom stereocenters. The molecule has 0 fully saturated rings. The average Bonchev–Trinajstić information content (AvgIpc) is 3.40. The highest BCUT2D eigenvalue weighted by atomic mass is 32.2. The maximum Gasteiger partial charge on any atom is 0.240 e. The van der Waals surface area contributed by atoms with Crippen LogP contribution in [0.4, 0.5) is 5.82 Å². The largest absolute Gasteiger partial charge is 0.508 e. The lowest BCUT2D eigenvalue weighted by atomic mass is 10.1. The molecule has 0 spiro atoms. The van der Waals surface area contributed by atoms with Crippen molar-refractivity contribution in [2.75, 3.05) is 18.4 Å². The van der Waals surface area contributed by atoms with Gasteiger partial charge in [-0.1, -0.05) is 42.5 Å². The summed E-state index contributed by atoms with van der Waals surface area (Å²) in [6, 6.07) is 25.9. The monoisotopic (exact) mass is 541 g/mol. The highest BCUT2D eigenvalue weighted by Crippen LogP contribution is 2.34. The summed E-state index contributed by atoms with van der Waals surface area (Å²) in [7, 11) is -3.65. The molecule has 2 aromatic heterocycles. The number of nitrogens with zero attached hydrogens (tertiary/aromatic N) is 2. The van der Waals surface area contributed by atoms with Crippen LogP contribution in [0.15, 0.2) is 102 Å². The zero-order valence-electron chi connectivity index (χ0n) is 20.9. The van der Waals surface area contributed by atoms with E-state index in [1.165, 1.54) is 24.3 Å². The number of phenolic OH excluding ortho intramolecular Hbond substituents is 2. The minimum absolute atomic E-state index is 0.00772. The first kappa shape index (κ1) is 26.0. The molecule has 9 nitrogen and oxygen atoms in total. The SMILES string of the molecule is O=S(=O)(NCCCNc1cc(-c2[nH]c(-c3ccccc3)nc2-c2cccc(O)c2)ccn1)c1ccc(O)cc1. The molecule has 5 rings (SSSR count). The summed E-state index contributed by atoms with van der Waals surface area (Å²) in [6.45, 7) is 0.727. The van der Waals surface area contributed by atoms with Gasteiger partial charge in [0.25, 0.3) is 0 Å². The minimum atomic E-state index is -3.65. The van der Waals surface area contributed by atoms with Crippen LogP contribution in [0.2, 0.25) is 0 Å². The van der Waals surface area contributed by atoms with Crippen LogP contribution in [0.1, 0.15) is 6.42 Å². The second-order valence-corrected chi connectivity index (χ2v) is 10.6. The number of imidazole rings is 1. The zero-order valence-corrected chi connectivity index (χ0v) is 21.7. The summed E-state index contributed by atoms with van der Waals surface area (Å²) in [4.78, 5) is 12.8. The first-order valence-electron chi connectivity index (χ1n) is 12.3. The van der Waals surface area contributed by atoms with Crippen molar-refractivity contribution in [3.8, 4) is 45.4 Å². The number of anilines is 1. The zero-order chi connectivity index (χ0) is 27.2. The fourth-order valence-electron chi connectivity index (χ4n) is 4.08. The Labute approximate surface area is 226 Å². The van der Waals surface area contributed by atoms with Gasteiger partial charge in [-0.3, -0.25) is 0 Å². The molecule has 39 heavy (non-hydrogen) atoms. The molecular weight excluding hydrogens is 514 g/mol.